The summed E-state index contributed by atoms with van der Waals surface area (Å²) >= 11 is 0.970. The van der Waals surface area contributed by atoms with Gasteiger partial charge in [-0.3, -0.25) is 14.5 Å². The van der Waals surface area contributed by atoms with Gasteiger partial charge in [0.15, 0.2) is 11.5 Å². The number of thioether (sulfide) groups is 1. The summed E-state index contributed by atoms with van der Waals surface area (Å²) in [5.74, 6) is 0.881. The summed E-state index contributed by atoms with van der Waals surface area (Å²) in [5.41, 5.74) is 4.29. The molecule has 1 aliphatic rings. The number of carbonyl (C=O) groups excluding carboxylic acids is 2. The van der Waals surface area contributed by atoms with Crippen molar-refractivity contribution in [1.82, 2.24) is 9.47 Å². The van der Waals surface area contributed by atoms with Crippen LogP contribution in [0.25, 0.3) is 17.0 Å². The van der Waals surface area contributed by atoms with Gasteiger partial charge in [-0.25, -0.2) is 0 Å². The predicted molar refractivity (Wildman–Crippen MR) is 143 cm³/mol. The molecule has 0 atom stereocenters. The molecule has 2 heterocycles. The Labute approximate surface area is 214 Å². The quantitative estimate of drug-likeness (QED) is 0.274. The van der Waals surface area contributed by atoms with Gasteiger partial charge in [-0.15, -0.1) is 0 Å². The van der Waals surface area contributed by atoms with E-state index in [1.165, 1.54) is 10.5 Å². The Balaban J connectivity index is 1.38. The lowest BCUT2D eigenvalue weighted by Crippen LogP contribution is -2.32. The van der Waals surface area contributed by atoms with Gasteiger partial charge < -0.3 is 14.0 Å². The van der Waals surface area contributed by atoms with E-state index in [0.29, 0.717) is 16.4 Å². The molecule has 5 rings (SSSR count). The largest absolute Gasteiger partial charge is 0.493 e. The highest BCUT2D eigenvalue weighted by Crippen LogP contribution is 2.36. The molecule has 0 saturated carbocycles. The number of carbonyl (C=O) groups is 2. The Bertz CT molecular complexity index is 1460. The van der Waals surface area contributed by atoms with E-state index in [2.05, 4.69) is 35.8 Å². The molecule has 2 amide bonds. The molecule has 1 saturated heterocycles. The number of aromatic nitrogens is 1. The molecule has 4 aromatic rings. The van der Waals surface area contributed by atoms with Gasteiger partial charge in [-0.2, -0.15) is 0 Å². The van der Waals surface area contributed by atoms with Gasteiger partial charge in [0.2, 0.25) is 0 Å². The SMILES string of the molecule is COc1ccccc1OCCN1C(=O)S/C(=C\c2c(C)n(Cc3ccccc3)c3ccccc23)C1=O. The smallest absolute Gasteiger partial charge is 0.293 e. The first kappa shape index (κ1) is 23.8. The number of imide groups is 1. The topological polar surface area (TPSA) is 60.8 Å². The zero-order chi connectivity index (χ0) is 25.1. The van der Waals surface area contributed by atoms with Gasteiger partial charge in [0.05, 0.1) is 18.6 Å². The molecule has 0 aliphatic carbocycles. The van der Waals surface area contributed by atoms with Gasteiger partial charge in [-0.05, 0) is 48.5 Å². The molecule has 1 aromatic heterocycles. The van der Waals surface area contributed by atoms with Crippen LogP contribution in [-0.2, 0) is 11.3 Å². The molecule has 7 heteroatoms. The van der Waals surface area contributed by atoms with Crippen LogP contribution in [0, 0.1) is 6.92 Å². The van der Waals surface area contributed by atoms with Crippen LogP contribution in [0.2, 0.25) is 0 Å². The molecule has 0 unspecified atom stereocenters. The molecule has 0 bridgehead atoms. The maximum atomic E-state index is 13.2. The second-order valence-corrected chi connectivity index (χ2v) is 9.41. The maximum Gasteiger partial charge on any atom is 0.293 e. The number of methoxy groups -OCH3 is 1. The molecule has 0 spiro atoms. The number of amides is 2. The summed E-state index contributed by atoms with van der Waals surface area (Å²) in [7, 11) is 1.57. The Morgan fingerprint density at radius 2 is 1.58 bits per heavy atom. The highest BCUT2D eigenvalue weighted by Gasteiger charge is 2.35. The number of hydrogen-bond acceptors (Lipinski definition) is 5. The lowest BCUT2D eigenvalue weighted by molar-refractivity contribution is -0.123. The van der Waals surface area contributed by atoms with Crippen molar-refractivity contribution in [3.8, 4) is 11.5 Å². The number of para-hydroxylation sites is 3. The second kappa shape index (κ2) is 10.3. The van der Waals surface area contributed by atoms with E-state index >= 15 is 0 Å². The lowest BCUT2D eigenvalue weighted by Gasteiger charge is -2.14. The number of benzene rings is 3. The summed E-state index contributed by atoms with van der Waals surface area (Å²) in [5, 5.41) is 0.762. The molecule has 36 heavy (non-hydrogen) atoms. The number of fused-ring (bicyclic) bond motifs is 1. The molecule has 6 nitrogen and oxygen atoms in total. The van der Waals surface area contributed by atoms with Crippen LogP contribution in [0.1, 0.15) is 16.8 Å². The van der Waals surface area contributed by atoms with E-state index in [-0.39, 0.29) is 24.3 Å². The second-order valence-electron chi connectivity index (χ2n) is 8.42. The molecule has 1 aliphatic heterocycles. The summed E-state index contributed by atoms with van der Waals surface area (Å²) in [6, 6.07) is 25.7. The third-order valence-electron chi connectivity index (χ3n) is 6.25. The Hall–Kier alpha value is -3.97. The summed E-state index contributed by atoms with van der Waals surface area (Å²) < 4.78 is 13.3. The fourth-order valence-corrected chi connectivity index (χ4v) is 5.27. The molecular weight excluding hydrogens is 472 g/mol. The van der Waals surface area contributed by atoms with Gasteiger partial charge in [-0.1, -0.05) is 60.7 Å². The highest BCUT2D eigenvalue weighted by molar-refractivity contribution is 8.18. The molecule has 3 aromatic carbocycles. The minimum Gasteiger partial charge on any atom is -0.493 e. The number of hydrogen-bond donors (Lipinski definition) is 0. The standard InChI is InChI=1S/C29H26N2O4S/c1-20-23(22-12-6-7-13-24(22)31(20)19-21-10-4-3-5-11-21)18-27-28(32)30(29(33)36-27)16-17-35-26-15-9-8-14-25(26)34-2/h3-15,18H,16-17,19H2,1-2H3/b27-18-. The van der Waals surface area contributed by atoms with Crippen LogP contribution in [0.15, 0.2) is 83.8 Å². The van der Waals surface area contributed by atoms with Crippen molar-refractivity contribution < 1.29 is 19.1 Å². The van der Waals surface area contributed by atoms with Crippen LogP contribution in [0.4, 0.5) is 4.79 Å². The van der Waals surface area contributed by atoms with Gasteiger partial charge in [0.25, 0.3) is 11.1 Å². The fraction of sp³-hybridized carbons (Fsp3) is 0.172. The minimum absolute atomic E-state index is 0.162. The van der Waals surface area contributed by atoms with Crippen molar-refractivity contribution in [2.45, 2.75) is 13.5 Å². The highest BCUT2D eigenvalue weighted by atomic mass is 32.2. The third-order valence-corrected chi connectivity index (χ3v) is 7.16. The van der Waals surface area contributed by atoms with Gasteiger partial charge in [0.1, 0.15) is 6.61 Å². The number of nitrogens with zero attached hydrogens (tertiary/aromatic N) is 2. The zero-order valence-corrected chi connectivity index (χ0v) is 21.0. The first-order valence-corrected chi connectivity index (χ1v) is 12.5. The van der Waals surface area contributed by atoms with Crippen molar-refractivity contribution in [2.75, 3.05) is 20.3 Å². The number of ether oxygens (including phenoxy) is 2. The van der Waals surface area contributed by atoms with E-state index in [1.54, 1.807) is 19.2 Å². The van der Waals surface area contributed by atoms with E-state index < -0.39 is 0 Å². The molecule has 182 valence electrons. The third kappa shape index (κ3) is 4.62. The van der Waals surface area contributed by atoms with Crippen LogP contribution >= 0.6 is 11.8 Å². The van der Waals surface area contributed by atoms with Gasteiger partial charge in [0, 0.05) is 28.7 Å². The molecule has 1 fully saturated rings. The Kier molecular flexibility index (Phi) is 6.82. The fourth-order valence-electron chi connectivity index (χ4n) is 4.42. The van der Waals surface area contributed by atoms with Crippen LogP contribution in [0.3, 0.4) is 0 Å². The summed E-state index contributed by atoms with van der Waals surface area (Å²) in [4.78, 5) is 27.5. The summed E-state index contributed by atoms with van der Waals surface area (Å²) in [6.07, 6.45) is 1.85. The first-order chi connectivity index (χ1) is 17.6. The maximum absolute atomic E-state index is 13.2. The first-order valence-electron chi connectivity index (χ1n) is 11.7. The van der Waals surface area contributed by atoms with Crippen molar-refractivity contribution in [3.05, 3.63) is 101 Å². The lowest BCUT2D eigenvalue weighted by atomic mass is 10.1. The van der Waals surface area contributed by atoms with Crippen molar-refractivity contribution in [3.63, 3.8) is 0 Å². The van der Waals surface area contributed by atoms with E-state index in [9.17, 15) is 9.59 Å². The van der Waals surface area contributed by atoms with Crippen LogP contribution in [0.5, 0.6) is 11.5 Å². The normalized spacial score (nSPS) is 14.7. The van der Waals surface area contributed by atoms with Crippen molar-refractivity contribution >= 4 is 39.9 Å². The van der Waals surface area contributed by atoms with Crippen molar-refractivity contribution in [2.24, 2.45) is 0 Å². The average molecular weight is 499 g/mol. The summed E-state index contributed by atoms with van der Waals surface area (Å²) in [6.45, 7) is 3.12. The molecule has 0 radical (unpaired) electrons. The Morgan fingerprint density at radius 1 is 0.889 bits per heavy atom. The van der Waals surface area contributed by atoms with E-state index in [0.717, 1.165) is 40.5 Å². The van der Waals surface area contributed by atoms with E-state index in [4.69, 9.17) is 9.47 Å². The van der Waals surface area contributed by atoms with E-state index in [1.807, 2.05) is 48.5 Å². The zero-order valence-electron chi connectivity index (χ0n) is 20.1. The predicted octanol–water partition coefficient (Wildman–Crippen LogP) is 6.12. The van der Waals surface area contributed by atoms with Gasteiger partial charge >= 0.3 is 0 Å². The number of rotatable bonds is 8. The monoisotopic (exact) mass is 498 g/mol. The average Bonchev–Trinajstić information content (AvgIpc) is 3.32. The minimum atomic E-state index is -0.298. The molecule has 0 N–H and O–H groups in total. The molecular formula is C29H26N2O4S. The van der Waals surface area contributed by atoms with Crippen molar-refractivity contribution in [1.29, 1.82) is 0 Å². The van der Waals surface area contributed by atoms with Crippen LogP contribution < -0.4 is 9.47 Å². The Morgan fingerprint density at radius 3 is 2.36 bits per heavy atom. The van der Waals surface area contributed by atoms with Crippen LogP contribution in [-0.4, -0.2) is 40.9 Å².